The average molecular weight is 224 g/mol. The summed E-state index contributed by atoms with van der Waals surface area (Å²) in [4.78, 5) is 0. The number of rotatable bonds is 2. The van der Waals surface area contributed by atoms with Gasteiger partial charge in [0.05, 0.1) is 5.76 Å². The number of hydrogen-bond donors (Lipinski definition) is 0. The van der Waals surface area contributed by atoms with Crippen LogP contribution in [0.2, 0.25) is 19.6 Å². The van der Waals surface area contributed by atoms with E-state index in [4.69, 9.17) is 4.43 Å². The van der Waals surface area contributed by atoms with Crippen molar-refractivity contribution in [1.29, 1.82) is 0 Å². The molecule has 0 radical (unpaired) electrons. The average Bonchev–Trinajstić information content (AvgIpc) is 2.16. The van der Waals surface area contributed by atoms with Gasteiger partial charge in [-0.05, 0) is 63.2 Å². The fraction of sp³-hybridized carbons (Fsp3) is 0.846. The van der Waals surface area contributed by atoms with Gasteiger partial charge in [-0.25, -0.2) is 0 Å². The van der Waals surface area contributed by atoms with Gasteiger partial charge in [0, 0.05) is 6.42 Å². The van der Waals surface area contributed by atoms with E-state index in [1.807, 2.05) is 0 Å². The first-order chi connectivity index (χ1) is 7.06. The second-order valence-corrected chi connectivity index (χ2v) is 10.4. The minimum Gasteiger partial charge on any atom is -0.547 e. The molecule has 2 aliphatic carbocycles. The molecule has 1 saturated carbocycles. The lowest BCUT2D eigenvalue weighted by molar-refractivity contribution is 0.309. The van der Waals surface area contributed by atoms with Crippen molar-refractivity contribution < 1.29 is 4.43 Å². The minimum absolute atomic E-state index is 0.888. The van der Waals surface area contributed by atoms with E-state index in [9.17, 15) is 0 Å². The van der Waals surface area contributed by atoms with E-state index >= 15 is 0 Å². The summed E-state index contributed by atoms with van der Waals surface area (Å²) >= 11 is 0. The molecule has 2 rings (SSSR count). The first-order valence-corrected chi connectivity index (χ1v) is 9.88. The molecule has 0 saturated heterocycles. The van der Waals surface area contributed by atoms with Gasteiger partial charge in [0.25, 0.3) is 0 Å². The summed E-state index contributed by atoms with van der Waals surface area (Å²) in [7, 11) is -1.38. The van der Waals surface area contributed by atoms with E-state index in [1.54, 1.807) is 5.57 Å². The second-order valence-electron chi connectivity index (χ2n) is 6.00. The van der Waals surface area contributed by atoms with Crippen molar-refractivity contribution in [1.82, 2.24) is 0 Å². The van der Waals surface area contributed by atoms with Crippen LogP contribution >= 0.6 is 0 Å². The quantitative estimate of drug-likeness (QED) is 0.629. The smallest absolute Gasteiger partial charge is 0.241 e. The van der Waals surface area contributed by atoms with E-state index in [2.05, 4.69) is 19.6 Å². The first kappa shape index (κ1) is 11.2. The van der Waals surface area contributed by atoms with Crippen LogP contribution < -0.4 is 0 Å². The predicted molar refractivity (Wildman–Crippen MR) is 67.3 cm³/mol. The third-order valence-electron chi connectivity index (χ3n) is 3.49. The van der Waals surface area contributed by atoms with Crippen molar-refractivity contribution in [3.8, 4) is 0 Å². The van der Waals surface area contributed by atoms with Crippen molar-refractivity contribution in [3.05, 3.63) is 11.3 Å². The van der Waals surface area contributed by atoms with Crippen LogP contribution in [0.1, 0.15) is 44.9 Å². The van der Waals surface area contributed by atoms with Crippen molar-refractivity contribution in [2.45, 2.75) is 64.6 Å². The van der Waals surface area contributed by atoms with Crippen LogP contribution in [-0.2, 0) is 4.43 Å². The van der Waals surface area contributed by atoms with E-state index < -0.39 is 8.32 Å². The third kappa shape index (κ3) is 2.87. The van der Waals surface area contributed by atoms with Crippen LogP contribution in [0, 0.1) is 5.92 Å². The Morgan fingerprint density at radius 2 is 1.73 bits per heavy atom. The molecule has 0 aromatic carbocycles. The lowest BCUT2D eigenvalue weighted by atomic mass is 9.77. The summed E-state index contributed by atoms with van der Waals surface area (Å²) in [5.74, 6) is 2.30. The molecule has 15 heavy (non-hydrogen) atoms. The van der Waals surface area contributed by atoms with Crippen molar-refractivity contribution in [2.24, 2.45) is 5.92 Å². The highest BCUT2D eigenvalue weighted by Gasteiger charge is 2.28. The normalized spacial score (nSPS) is 27.5. The highest BCUT2D eigenvalue weighted by Crippen LogP contribution is 2.40. The molecule has 0 amide bonds. The summed E-state index contributed by atoms with van der Waals surface area (Å²) in [6.07, 6.45) is 9.58. The van der Waals surface area contributed by atoms with Crippen LogP contribution in [0.4, 0.5) is 0 Å². The lowest BCUT2D eigenvalue weighted by Gasteiger charge is -2.35. The summed E-state index contributed by atoms with van der Waals surface area (Å²) in [5.41, 5.74) is 1.70. The van der Waals surface area contributed by atoms with Gasteiger partial charge in [0.2, 0.25) is 8.32 Å². The van der Waals surface area contributed by atoms with E-state index in [-0.39, 0.29) is 0 Å². The van der Waals surface area contributed by atoms with Crippen molar-refractivity contribution in [3.63, 3.8) is 0 Å². The van der Waals surface area contributed by atoms with Gasteiger partial charge in [0.1, 0.15) is 0 Å². The highest BCUT2D eigenvalue weighted by molar-refractivity contribution is 6.70. The molecular formula is C13H24OSi. The SMILES string of the molecule is C[Si](C)(C)OC1=C2CCCC[C@@H]2CCC1. The van der Waals surface area contributed by atoms with Gasteiger partial charge in [0.15, 0.2) is 0 Å². The summed E-state index contributed by atoms with van der Waals surface area (Å²) < 4.78 is 6.27. The molecule has 0 aromatic heterocycles. The number of allylic oxidation sites excluding steroid dienone is 2. The highest BCUT2D eigenvalue weighted by atomic mass is 28.4. The van der Waals surface area contributed by atoms with Gasteiger partial charge >= 0.3 is 0 Å². The Morgan fingerprint density at radius 1 is 1.00 bits per heavy atom. The molecule has 0 heterocycles. The summed E-state index contributed by atoms with van der Waals surface area (Å²) in [6, 6.07) is 0. The molecule has 2 aliphatic rings. The van der Waals surface area contributed by atoms with Crippen molar-refractivity contribution in [2.75, 3.05) is 0 Å². The Morgan fingerprint density at radius 3 is 2.47 bits per heavy atom. The van der Waals surface area contributed by atoms with Gasteiger partial charge in [-0.2, -0.15) is 0 Å². The van der Waals surface area contributed by atoms with Gasteiger partial charge < -0.3 is 4.43 Å². The molecule has 1 nitrogen and oxygen atoms in total. The van der Waals surface area contributed by atoms with Gasteiger partial charge in [-0.3, -0.25) is 0 Å². The number of hydrogen-bond acceptors (Lipinski definition) is 1. The second kappa shape index (κ2) is 4.32. The third-order valence-corrected chi connectivity index (χ3v) is 4.34. The van der Waals surface area contributed by atoms with Crippen LogP contribution in [-0.4, -0.2) is 8.32 Å². The fourth-order valence-electron chi connectivity index (χ4n) is 2.93. The summed E-state index contributed by atoms with van der Waals surface area (Å²) in [6.45, 7) is 6.90. The maximum Gasteiger partial charge on any atom is 0.241 e. The van der Waals surface area contributed by atoms with E-state index in [0.717, 1.165) is 5.92 Å². The Bertz CT molecular complexity index is 262. The van der Waals surface area contributed by atoms with E-state index in [0.29, 0.717) is 0 Å². The molecule has 0 bridgehead atoms. The van der Waals surface area contributed by atoms with Gasteiger partial charge in [-0.15, -0.1) is 0 Å². The Kier molecular flexibility index (Phi) is 3.24. The minimum atomic E-state index is -1.38. The molecule has 0 N–H and O–H groups in total. The Hall–Kier alpha value is -0.243. The Balaban J connectivity index is 2.15. The Labute approximate surface area is 95.0 Å². The molecule has 0 aliphatic heterocycles. The zero-order chi connectivity index (χ0) is 10.9. The molecular weight excluding hydrogens is 200 g/mol. The largest absolute Gasteiger partial charge is 0.547 e. The maximum absolute atomic E-state index is 6.27. The zero-order valence-corrected chi connectivity index (χ0v) is 11.4. The maximum atomic E-state index is 6.27. The molecule has 1 fully saturated rings. The van der Waals surface area contributed by atoms with Crippen LogP contribution in [0.25, 0.3) is 0 Å². The fourth-order valence-corrected chi connectivity index (χ4v) is 3.90. The molecule has 86 valence electrons. The van der Waals surface area contributed by atoms with Crippen molar-refractivity contribution >= 4 is 8.32 Å². The van der Waals surface area contributed by atoms with Crippen LogP contribution in [0.3, 0.4) is 0 Å². The molecule has 0 aromatic rings. The lowest BCUT2D eigenvalue weighted by Crippen LogP contribution is -2.28. The molecule has 0 unspecified atom stereocenters. The van der Waals surface area contributed by atoms with E-state index in [1.165, 1.54) is 50.7 Å². The first-order valence-electron chi connectivity index (χ1n) is 6.47. The topological polar surface area (TPSA) is 9.23 Å². The predicted octanol–water partition coefficient (Wildman–Crippen LogP) is 4.47. The standard InChI is InChI=1S/C13H24OSi/c1-15(2,3)14-13-10-6-8-11-7-4-5-9-12(11)13/h11H,4-10H2,1-3H3/t11-/m1/s1. The van der Waals surface area contributed by atoms with Crippen LogP contribution in [0.5, 0.6) is 0 Å². The molecule has 1 atom stereocenters. The summed E-state index contributed by atoms with van der Waals surface area (Å²) in [5, 5.41) is 0. The number of fused-ring (bicyclic) bond motifs is 1. The molecule has 2 heteroatoms. The zero-order valence-electron chi connectivity index (χ0n) is 10.4. The van der Waals surface area contributed by atoms with Gasteiger partial charge in [-0.1, -0.05) is 6.42 Å². The molecule has 0 spiro atoms. The monoisotopic (exact) mass is 224 g/mol. The van der Waals surface area contributed by atoms with Crippen LogP contribution in [0.15, 0.2) is 11.3 Å².